The Hall–Kier alpha value is -2.56. The fraction of sp³-hybridized carbons (Fsp3) is 0.400. The van der Waals surface area contributed by atoms with Gasteiger partial charge in [0.15, 0.2) is 0 Å². The quantitative estimate of drug-likeness (QED) is 0.877. The zero-order valence-corrected chi connectivity index (χ0v) is 14.4. The van der Waals surface area contributed by atoms with Crippen LogP contribution in [-0.2, 0) is 6.54 Å². The number of carbonyl (C=O) groups is 1. The van der Waals surface area contributed by atoms with Gasteiger partial charge in [0.2, 0.25) is 0 Å². The molecule has 2 aromatic rings. The number of hydrogen-bond acceptors (Lipinski definition) is 3. The second-order valence-electron chi connectivity index (χ2n) is 6.40. The number of aromatic nitrogens is 1. The summed E-state index contributed by atoms with van der Waals surface area (Å²) in [5, 5.41) is 3.00. The van der Waals surface area contributed by atoms with Crippen LogP contribution in [-0.4, -0.2) is 35.6 Å². The van der Waals surface area contributed by atoms with Crippen molar-refractivity contribution in [1.29, 1.82) is 0 Å². The molecule has 5 heteroatoms. The molecule has 1 aliphatic rings. The third-order valence-electron chi connectivity index (χ3n) is 4.62. The lowest BCUT2D eigenvalue weighted by Gasteiger charge is -2.32. The molecule has 0 aliphatic carbocycles. The monoisotopic (exact) mass is 339 g/mol. The molecule has 0 bridgehead atoms. The molecule has 1 aromatic heterocycles. The number of rotatable bonds is 6. The number of piperidine rings is 1. The molecule has 0 saturated carbocycles. The zero-order chi connectivity index (χ0) is 17.3. The van der Waals surface area contributed by atoms with Gasteiger partial charge in [-0.1, -0.05) is 30.3 Å². The van der Waals surface area contributed by atoms with E-state index in [9.17, 15) is 4.79 Å². The highest BCUT2D eigenvalue weighted by atomic mass is 16.5. The van der Waals surface area contributed by atoms with Gasteiger partial charge >= 0.3 is 6.03 Å². The van der Waals surface area contributed by atoms with Gasteiger partial charge in [-0.3, -0.25) is 4.98 Å². The van der Waals surface area contributed by atoms with Crippen molar-refractivity contribution in [2.75, 3.05) is 19.7 Å². The average molecular weight is 339 g/mol. The summed E-state index contributed by atoms with van der Waals surface area (Å²) >= 11 is 0. The first-order valence-electron chi connectivity index (χ1n) is 8.91. The lowest BCUT2D eigenvalue weighted by Crippen LogP contribution is -2.44. The van der Waals surface area contributed by atoms with Gasteiger partial charge in [-0.15, -0.1) is 0 Å². The molecule has 1 aromatic carbocycles. The Balaban J connectivity index is 1.33. The van der Waals surface area contributed by atoms with Gasteiger partial charge in [0.1, 0.15) is 5.75 Å². The first kappa shape index (κ1) is 17.3. The maximum Gasteiger partial charge on any atom is 0.317 e. The fourth-order valence-electron chi connectivity index (χ4n) is 3.09. The maximum atomic E-state index is 12.3. The molecule has 0 unspecified atom stereocenters. The Bertz CT molecular complexity index is 641. The van der Waals surface area contributed by atoms with Gasteiger partial charge in [-0.25, -0.2) is 4.79 Å². The van der Waals surface area contributed by atoms with Crippen LogP contribution in [0.15, 0.2) is 54.9 Å². The maximum absolute atomic E-state index is 12.3. The molecule has 2 heterocycles. The summed E-state index contributed by atoms with van der Waals surface area (Å²) in [6.45, 7) is 2.92. The molecular formula is C20H25N3O2. The molecule has 5 nitrogen and oxygen atoms in total. The van der Waals surface area contributed by atoms with Crippen LogP contribution in [0, 0.1) is 5.92 Å². The van der Waals surface area contributed by atoms with Gasteiger partial charge < -0.3 is 15.0 Å². The molecule has 0 atom stereocenters. The van der Waals surface area contributed by atoms with Crippen molar-refractivity contribution < 1.29 is 9.53 Å². The topological polar surface area (TPSA) is 54.5 Å². The highest BCUT2D eigenvalue weighted by molar-refractivity contribution is 5.74. The summed E-state index contributed by atoms with van der Waals surface area (Å²) in [6.07, 6.45) is 6.57. The second kappa shape index (κ2) is 9.06. The summed E-state index contributed by atoms with van der Waals surface area (Å²) in [7, 11) is 0. The van der Waals surface area contributed by atoms with Crippen molar-refractivity contribution in [3.05, 3.63) is 60.4 Å². The number of nitrogens with zero attached hydrogens (tertiary/aromatic N) is 2. The number of benzene rings is 1. The number of nitrogens with one attached hydrogen (secondary N) is 1. The number of ether oxygens (including phenoxy) is 1. The minimum atomic E-state index is 0.0360. The van der Waals surface area contributed by atoms with Crippen molar-refractivity contribution in [1.82, 2.24) is 15.2 Å². The zero-order valence-electron chi connectivity index (χ0n) is 14.4. The van der Waals surface area contributed by atoms with E-state index in [0.29, 0.717) is 19.1 Å². The highest BCUT2D eigenvalue weighted by Crippen LogP contribution is 2.21. The molecule has 1 fully saturated rings. The summed E-state index contributed by atoms with van der Waals surface area (Å²) in [4.78, 5) is 18.2. The molecule has 0 radical (unpaired) electrons. The minimum absolute atomic E-state index is 0.0360. The highest BCUT2D eigenvalue weighted by Gasteiger charge is 2.22. The predicted molar refractivity (Wildman–Crippen MR) is 97.3 cm³/mol. The number of likely N-dealkylation sites (tertiary alicyclic amines) is 1. The Kier molecular flexibility index (Phi) is 6.26. The number of amides is 2. The first-order valence-corrected chi connectivity index (χ1v) is 8.91. The van der Waals surface area contributed by atoms with Gasteiger partial charge in [0.25, 0.3) is 0 Å². The van der Waals surface area contributed by atoms with Crippen molar-refractivity contribution in [2.24, 2.45) is 5.92 Å². The van der Waals surface area contributed by atoms with Crippen LogP contribution < -0.4 is 10.1 Å². The van der Waals surface area contributed by atoms with Crippen molar-refractivity contribution in [2.45, 2.75) is 25.8 Å². The summed E-state index contributed by atoms with van der Waals surface area (Å²) in [6, 6.07) is 13.8. The summed E-state index contributed by atoms with van der Waals surface area (Å²) in [5.41, 5.74) is 1.12. The van der Waals surface area contributed by atoms with E-state index in [1.807, 2.05) is 47.4 Å². The molecule has 3 rings (SSSR count). The second-order valence-corrected chi connectivity index (χ2v) is 6.40. The summed E-state index contributed by atoms with van der Waals surface area (Å²) in [5.74, 6) is 1.44. The predicted octanol–water partition coefficient (Wildman–Crippen LogP) is 3.47. The van der Waals surface area contributed by atoms with Gasteiger partial charge in [-0.05, 0) is 42.9 Å². The fourth-order valence-corrected chi connectivity index (χ4v) is 3.09. The lowest BCUT2D eigenvalue weighted by atomic mass is 9.94. The standard InChI is InChI=1S/C20H25N3O2/c24-20(22-15-18-5-2-1-3-6-18)23-12-8-17(9-13-23)10-14-25-19-7-4-11-21-16-19/h1-7,11,16-17H,8-10,12-15H2,(H,22,24). The van der Waals surface area contributed by atoms with Crippen LogP contribution in [0.1, 0.15) is 24.8 Å². The molecule has 25 heavy (non-hydrogen) atoms. The third kappa shape index (κ3) is 5.48. The van der Waals surface area contributed by atoms with Crippen LogP contribution in [0.5, 0.6) is 5.75 Å². The van der Waals surface area contributed by atoms with E-state index in [0.717, 1.165) is 43.7 Å². The number of carbonyl (C=O) groups excluding carboxylic acids is 1. The van der Waals surface area contributed by atoms with Crippen LogP contribution in [0.2, 0.25) is 0 Å². The van der Waals surface area contributed by atoms with Crippen LogP contribution in [0.4, 0.5) is 4.79 Å². The normalized spacial score (nSPS) is 15.0. The number of pyridine rings is 1. The molecule has 0 spiro atoms. The third-order valence-corrected chi connectivity index (χ3v) is 4.62. The minimum Gasteiger partial charge on any atom is -0.492 e. The van der Waals surface area contributed by atoms with Crippen molar-refractivity contribution in [3.8, 4) is 5.75 Å². The smallest absolute Gasteiger partial charge is 0.317 e. The van der Waals surface area contributed by atoms with Crippen LogP contribution in [0.3, 0.4) is 0 Å². The Labute approximate surface area is 149 Å². The molecule has 1 N–H and O–H groups in total. The van der Waals surface area contributed by atoms with E-state index in [-0.39, 0.29) is 6.03 Å². The largest absolute Gasteiger partial charge is 0.492 e. The van der Waals surface area contributed by atoms with E-state index >= 15 is 0 Å². The SMILES string of the molecule is O=C(NCc1ccccc1)N1CCC(CCOc2cccnc2)CC1. The van der Waals surface area contributed by atoms with Gasteiger partial charge in [0, 0.05) is 25.8 Å². The summed E-state index contributed by atoms with van der Waals surface area (Å²) < 4.78 is 5.72. The number of urea groups is 1. The van der Waals surface area contributed by atoms with Gasteiger partial charge in [0.05, 0.1) is 12.8 Å². The van der Waals surface area contributed by atoms with E-state index < -0.39 is 0 Å². The van der Waals surface area contributed by atoms with E-state index in [1.54, 1.807) is 12.4 Å². The Morgan fingerprint density at radius 3 is 2.68 bits per heavy atom. The Morgan fingerprint density at radius 1 is 1.16 bits per heavy atom. The molecule has 132 valence electrons. The van der Waals surface area contributed by atoms with E-state index in [1.165, 1.54) is 0 Å². The molecule has 1 aliphatic heterocycles. The Morgan fingerprint density at radius 2 is 1.96 bits per heavy atom. The van der Waals surface area contributed by atoms with Crippen molar-refractivity contribution >= 4 is 6.03 Å². The molecule has 1 saturated heterocycles. The van der Waals surface area contributed by atoms with E-state index in [4.69, 9.17) is 4.74 Å². The average Bonchev–Trinajstić information content (AvgIpc) is 2.68. The molecule has 2 amide bonds. The van der Waals surface area contributed by atoms with Gasteiger partial charge in [-0.2, -0.15) is 0 Å². The van der Waals surface area contributed by atoms with E-state index in [2.05, 4.69) is 10.3 Å². The van der Waals surface area contributed by atoms with Crippen LogP contribution >= 0.6 is 0 Å². The van der Waals surface area contributed by atoms with Crippen molar-refractivity contribution in [3.63, 3.8) is 0 Å². The molecular weight excluding hydrogens is 314 g/mol. The lowest BCUT2D eigenvalue weighted by molar-refractivity contribution is 0.160. The first-order chi connectivity index (χ1) is 12.3. The number of hydrogen-bond donors (Lipinski definition) is 1. The van der Waals surface area contributed by atoms with Crippen LogP contribution in [0.25, 0.3) is 0 Å².